The van der Waals surface area contributed by atoms with Gasteiger partial charge in [-0.15, -0.1) is 0 Å². The molecule has 3 amide bonds. The first-order chi connectivity index (χ1) is 15.1. The van der Waals surface area contributed by atoms with E-state index in [0.29, 0.717) is 25.8 Å². The fourth-order valence-corrected chi connectivity index (χ4v) is 3.73. The average Bonchev–Trinajstić information content (AvgIpc) is 3.12. The molecule has 0 spiro atoms. The van der Waals surface area contributed by atoms with Gasteiger partial charge in [-0.3, -0.25) is 25.2 Å². The molecule has 1 aliphatic carbocycles. The van der Waals surface area contributed by atoms with Crippen molar-refractivity contribution in [2.75, 3.05) is 11.9 Å². The molecule has 1 aromatic heterocycles. The normalized spacial score (nSPS) is 25.1. The second kappa shape index (κ2) is 10.6. The number of pyridine rings is 1. The van der Waals surface area contributed by atoms with Gasteiger partial charge in [0.25, 0.3) is 11.8 Å². The average molecular weight is 457 g/mol. The van der Waals surface area contributed by atoms with Gasteiger partial charge in [-0.1, -0.05) is 13.8 Å². The highest BCUT2D eigenvalue weighted by molar-refractivity contribution is 6.07. The fourth-order valence-electron chi connectivity index (χ4n) is 3.73. The van der Waals surface area contributed by atoms with Crippen molar-refractivity contribution in [3.05, 3.63) is 23.9 Å². The molecule has 1 saturated heterocycles. The maximum Gasteiger partial charge on any atom is 0.391 e. The number of halogens is 3. The monoisotopic (exact) mass is 457 g/mol. The van der Waals surface area contributed by atoms with Crippen LogP contribution in [0.2, 0.25) is 0 Å². The van der Waals surface area contributed by atoms with E-state index in [0.717, 1.165) is 0 Å². The number of rotatable bonds is 4. The predicted octanol–water partition coefficient (Wildman–Crippen LogP) is 2.93. The van der Waals surface area contributed by atoms with Crippen LogP contribution in [-0.2, 0) is 9.59 Å². The molecule has 1 unspecified atom stereocenters. The number of nitrogens with zero attached hydrogens (tertiary/aromatic N) is 1. The minimum atomic E-state index is -4.19. The van der Waals surface area contributed by atoms with Gasteiger partial charge in [-0.25, -0.2) is 4.98 Å². The number of carbonyl (C=O) groups is 3. The van der Waals surface area contributed by atoms with Crippen LogP contribution in [0.1, 0.15) is 63.2 Å². The summed E-state index contributed by atoms with van der Waals surface area (Å²) < 4.78 is 38.5. The summed E-state index contributed by atoms with van der Waals surface area (Å²) in [4.78, 5) is 40.8. The van der Waals surface area contributed by atoms with Crippen molar-refractivity contribution >= 4 is 23.5 Å². The number of nitrogens with one attached hydrogen (secondary N) is 4. The summed E-state index contributed by atoms with van der Waals surface area (Å²) in [7, 11) is 0. The third-order valence-corrected chi connectivity index (χ3v) is 5.79. The highest BCUT2D eigenvalue weighted by Crippen LogP contribution is 2.38. The van der Waals surface area contributed by atoms with E-state index >= 15 is 0 Å². The molecule has 2 fully saturated rings. The molecule has 8 nitrogen and oxygen atoms in total. The fraction of sp³-hybridized carbons (Fsp3) is 0.619. The zero-order valence-corrected chi connectivity index (χ0v) is 18.4. The van der Waals surface area contributed by atoms with Crippen molar-refractivity contribution in [1.82, 2.24) is 21.2 Å². The molecule has 178 valence electrons. The molecule has 1 aliphatic heterocycles. The van der Waals surface area contributed by atoms with E-state index < -0.39 is 35.2 Å². The summed E-state index contributed by atoms with van der Waals surface area (Å²) in [6, 6.07) is 2.79. The molecular formula is C21H30F3N5O3. The molecule has 3 rings (SSSR count). The van der Waals surface area contributed by atoms with E-state index in [1.807, 2.05) is 13.8 Å². The number of hydrogen-bond donors (Lipinski definition) is 4. The standard InChI is InChI=1S/C19H24F3N5O3.C2H6/c1-18(8-10-24-16(18)29)17(30)27-26-15(28)13-3-2-9-23-14(13)25-12-6-4-11(5-7-12)19(20,21)22;1-2/h2-3,9,11-12H,4-8,10H2,1H3,(H,23,25)(H,24,29)(H,26,28)(H,27,30);1-2H3. The summed E-state index contributed by atoms with van der Waals surface area (Å²) in [5, 5.41) is 5.62. The number of anilines is 1. The van der Waals surface area contributed by atoms with E-state index in [-0.39, 0.29) is 30.3 Å². The Kier molecular flexibility index (Phi) is 8.45. The molecular weight excluding hydrogens is 427 g/mol. The van der Waals surface area contributed by atoms with Crippen LogP contribution < -0.4 is 21.5 Å². The van der Waals surface area contributed by atoms with Crippen LogP contribution in [0.15, 0.2) is 18.3 Å². The lowest BCUT2D eigenvalue weighted by molar-refractivity contribution is -0.182. The van der Waals surface area contributed by atoms with Crippen LogP contribution in [-0.4, -0.2) is 41.5 Å². The maximum atomic E-state index is 12.8. The topological polar surface area (TPSA) is 112 Å². The van der Waals surface area contributed by atoms with Gasteiger partial charge in [0.2, 0.25) is 5.91 Å². The van der Waals surface area contributed by atoms with Crippen molar-refractivity contribution in [3.63, 3.8) is 0 Å². The first kappa shape index (κ1) is 25.4. The van der Waals surface area contributed by atoms with E-state index in [1.165, 1.54) is 25.3 Å². The summed E-state index contributed by atoms with van der Waals surface area (Å²) in [6.07, 6.45) is -1.75. The molecule has 32 heavy (non-hydrogen) atoms. The summed E-state index contributed by atoms with van der Waals surface area (Å²) >= 11 is 0. The van der Waals surface area contributed by atoms with Crippen LogP contribution >= 0.6 is 0 Å². The quantitative estimate of drug-likeness (QED) is 0.410. The van der Waals surface area contributed by atoms with Crippen molar-refractivity contribution < 1.29 is 27.6 Å². The van der Waals surface area contributed by atoms with Gasteiger partial charge in [0, 0.05) is 18.8 Å². The van der Waals surface area contributed by atoms with Crippen molar-refractivity contribution in [2.24, 2.45) is 11.3 Å². The third kappa shape index (κ3) is 5.89. The second-order valence-corrected chi connectivity index (χ2v) is 7.88. The SMILES string of the molecule is CC.CC1(C(=O)NNC(=O)c2cccnc2NC2CCC(C(F)(F)F)CC2)CCNC1=O. The van der Waals surface area contributed by atoms with E-state index in [4.69, 9.17) is 0 Å². The third-order valence-electron chi connectivity index (χ3n) is 5.79. The Morgan fingerprint density at radius 1 is 1.16 bits per heavy atom. The molecule has 2 aliphatic rings. The van der Waals surface area contributed by atoms with Gasteiger partial charge >= 0.3 is 6.18 Å². The number of alkyl halides is 3. The zero-order chi connectivity index (χ0) is 23.9. The van der Waals surface area contributed by atoms with Crippen molar-refractivity contribution in [2.45, 2.75) is 65.1 Å². The Bertz CT molecular complexity index is 825. The molecule has 2 heterocycles. The van der Waals surface area contributed by atoms with E-state index in [1.54, 1.807) is 0 Å². The predicted molar refractivity (Wildman–Crippen MR) is 112 cm³/mol. The number of hydrogen-bond acceptors (Lipinski definition) is 5. The smallest absolute Gasteiger partial charge is 0.367 e. The summed E-state index contributed by atoms with van der Waals surface area (Å²) in [5.74, 6) is -2.76. The summed E-state index contributed by atoms with van der Waals surface area (Å²) in [6.45, 7) is 5.87. The first-order valence-electron chi connectivity index (χ1n) is 10.8. The second-order valence-electron chi connectivity index (χ2n) is 7.88. The van der Waals surface area contributed by atoms with Gasteiger partial charge in [-0.2, -0.15) is 13.2 Å². The lowest BCUT2D eigenvalue weighted by atomic mass is 9.85. The molecule has 4 N–H and O–H groups in total. The minimum Gasteiger partial charge on any atom is -0.367 e. The van der Waals surface area contributed by atoms with Crippen LogP contribution in [0.25, 0.3) is 0 Å². The summed E-state index contributed by atoms with van der Waals surface area (Å²) in [5.41, 5.74) is 3.42. The van der Waals surface area contributed by atoms with Crippen LogP contribution in [0.3, 0.4) is 0 Å². The molecule has 1 saturated carbocycles. The van der Waals surface area contributed by atoms with Crippen LogP contribution in [0.5, 0.6) is 0 Å². The molecule has 1 atom stereocenters. The van der Waals surface area contributed by atoms with Crippen molar-refractivity contribution in [1.29, 1.82) is 0 Å². The minimum absolute atomic E-state index is 0.0201. The van der Waals surface area contributed by atoms with Crippen LogP contribution in [0.4, 0.5) is 19.0 Å². The van der Waals surface area contributed by atoms with Gasteiger partial charge < -0.3 is 10.6 Å². The number of aromatic nitrogens is 1. The molecule has 11 heteroatoms. The zero-order valence-electron chi connectivity index (χ0n) is 18.4. The Morgan fingerprint density at radius 2 is 1.81 bits per heavy atom. The number of amides is 3. The van der Waals surface area contributed by atoms with Crippen LogP contribution in [0, 0.1) is 11.3 Å². The van der Waals surface area contributed by atoms with Gasteiger partial charge in [0.1, 0.15) is 11.2 Å². The molecule has 1 aromatic rings. The molecule has 0 radical (unpaired) electrons. The van der Waals surface area contributed by atoms with E-state index in [9.17, 15) is 27.6 Å². The van der Waals surface area contributed by atoms with E-state index in [2.05, 4.69) is 26.5 Å². The number of hydrazine groups is 1. The maximum absolute atomic E-state index is 12.8. The Morgan fingerprint density at radius 3 is 2.38 bits per heavy atom. The Hall–Kier alpha value is -2.85. The highest BCUT2D eigenvalue weighted by Gasteiger charge is 2.45. The lowest BCUT2D eigenvalue weighted by Crippen LogP contribution is -2.51. The van der Waals surface area contributed by atoms with Gasteiger partial charge in [0.15, 0.2) is 0 Å². The van der Waals surface area contributed by atoms with Crippen molar-refractivity contribution in [3.8, 4) is 0 Å². The Labute approximate surface area is 185 Å². The molecule has 0 bridgehead atoms. The lowest BCUT2D eigenvalue weighted by Gasteiger charge is -2.30. The van der Waals surface area contributed by atoms with Gasteiger partial charge in [-0.05, 0) is 51.2 Å². The first-order valence-corrected chi connectivity index (χ1v) is 10.8. The Balaban J connectivity index is 0.00000176. The number of carbonyl (C=O) groups excluding carboxylic acids is 3. The highest BCUT2D eigenvalue weighted by atomic mass is 19.4. The molecule has 0 aromatic carbocycles. The largest absolute Gasteiger partial charge is 0.391 e. The van der Waals surface area contributed by atoms with Gasteiger partial charge in [0.05, 0.1) is 11.5 Å².